The number of aryl methyl sites for hydroxylation is 1. The maximum atomic E-state index is 4.25. The van der Waals surface area contributed by atoms with Gasteiger partial charge < -0.3 is 9.80 Å². The second kappa shape index (κ2) is 8.35. The molecular formula is C18H30N6+2. The number of quaternary nitrogens is 2. The first kappa shape index (κ1) is 17.0. The maximum absolute atomic E-state index is 4.25. The standard InChI is InChI=1S/C18H28N6/c1-16(2)8-9-24-18(19-20-21-24)15-23-12-10-22(11-13-23)14-17-6-4-3-5-7-17/h3-7,16H,8-15H2,1-2H3/p+2. The second-order valence-electron chi connectivity index (χ2n) is 7.34. The predicted octanol–water partition coefficient (Wildman–Crippen LogP) is -0.797. The van der Waals surface area contributed by atoms with Crippen molar-refractivity contribution in [2.75, 3.05) is 26.2 Å². The normalized spacial score (nSPS) is 21.3. The van der Waals surface area contributed by atoms with Crippen molar-refractivity contribution in [3.63, 3.8) is 0 Å². The van der Waals surface area contributed by atoms with Gasteiger partial charge in [0.15, 0.2) is 0 Å². The summed E-state index contributed by atoms with van der Waals surface area (Å²) in [5.41, 5.74) is 1.44. The van der Waals surface area contributed by atoms with Gasteiger partial charge in [0.05, 0.1) is 0 Å². The zero-order valence-electron chi connectivity index (χ0n) is 14.9. The van der Waals surface area contributed by atoms with E-state index < -0.39 is 0 Å². The van der Waals surface area contributed by atoms with E-state index in [-0.39, 0.29) is 0 Å². The van der Waals surface area contributed by atoms with Crippen LogP contribution < -0.4 is 9.80 Å². The Morgan fingerprint density at radius 3 is 2.33 bits per heavy atom. The average Bonchev–Trinajstić information content (AvgIpc) is 3.03. The zero-order valence-corrected chi connectivity index (χ0v) is 14.9. The van der Waals surface area contributed by atoms with Gasteiger partial charge in [0.1, 0.15) is 39.3 Å². The molecule has 0 aliphatic carbocycles. The van der Waals surface area contributed by atoms with E-state index in [1.165, 1.54) is 31.7 Å². The van der Waals surface area contributed by atoms with Crippen LogP contribution in [-0.2, 0) is 19.6 Å². The van der Waals surface area contributed by atoms with E-state index in [9.17, 15) is 0 Å². The molecule has 1 saturated heterocycles. The third-order valence-corrected chi connectivity index (χ3v) is 4.89. The Kier molecular flexibility index (Phi) is 5.93. The summed E-state index contributed by atoms with van der Waals surface area (Å²) < 4.78 is 2.00. The number of nitrogens with one attached hydrogen (secondary N) is 2. The molecule has 0 radical (unpaired) electrons. The number of nitrogens with zero attached hydrogens (tertiary/aromatic N) is 4. The highest BCUT2D eigenvalue weighted by Gasteiger charge is 2.24. The highest BCUT2D eigenvalue weighted by atomic mass is 15.5. The van der Waals surface area contributed by atoms with Crippen molar-refractivity contribution in [3.05, 3.63) is 41.7 Å². The molecule has 0 amide bonds. The van der Waals surface area contributed by atoms with Crippen LogP contribution in [0.1, 0.15) is 31.7 Å². The number of piperazine rings is 1. The first-order valence-electron chi connectivity index (χ1n) is 9.17. The van der Waals surface area contributed by atoms with Gasteiger partial charge >= 0.3 is 0 Å². The molecular weight excluding hydrogens is 300 g/mol. The third-order valence-electron chi connectivity index (χ3n) is 4.89. The lowest BCUT2D eigenvalue weighted by Crippen LogP contribution is -3.27. The lowest BCUT2D eigenvalue weighted by atomic mass is 10.1. The van der Waals surface area contributed by atoms with Crippen molar-refractivity contribution in [3.8, 4) is 0 Å². The van der Waals surface area contributed by atoms with Crippen LogP contribution in [0.3, 0.4) is 0 Å². The fourth-order valence-corrected chi connectivity index (χ4v) is 3.32. The minimum atomic E-state index is 0.680. The molecule has 0 bridgehead atoms. The molecule has 3 rings (SSSR count). The smallest absolute Gasteiger partial charge is 0.206 e. The third kappa shape index (κ3) is 4.85. The van der Waals surface area contributed by atoms with Crippen LogP contribution in [-0.4, -0.2) is 46.4 Å². The molecule has 130 valence electrons. The molecule has 6 heteroatoms. The Labute approximate surface area is 144 Å². The highest BCUT2D eigenvalue weighted by Crippen LogP contribution is 2.02. The minimum absolute atomic E-state index is 0.680. The van der Waals surface area contributed by atoms with Gasteiger partial charge in [-0.3, -0.25) is 0 Å². The van der Waals surface area contributed by atoms with E-state index in [1.807, 2.05) is 4.68 Å². The van der Waals surface area contributed by atoms with Crippen molar-refractivity contribution in [2.24, 2.45) is 5.92 Å². The number of tetrazole rings is 1. The summed E-state index contributed by atoms with van der Waals surface area (Å²) in [6.45, 7) is 12.3. The van der Waals surface area contributed by atoms with Gasteiger partial charge in [-0.2, -0.15) is 0 Å². The number of aromatic nitrogens is 4. The van der Waals surface area contributed by atoms with Crippen molar-refractivity contribution in [1.82, 2.24) is 20.2 Å². The molecule has 6 nitrogen and oxygen atoms in total. The molecule has 1 aromatic heterocycles. The molecule has 1 aromatic carbocycles. The predicted molar refractivity (Wildman–Crippen MR) is 92.5 cm³/mol. The molecule has 1 fully saturated rings. The molecule has 2 heterocycles. The van der Waals surface area contributed by atoms with Crippen LogP contribution in [0, 0.1) is 5.92 Å². The molecule has 0 atom stereocenters. The van der Waals surface area contributed by atoms with Crippen molar-refractivity contribution in [1.29, 1.82) is 0 Å². The van der Waals surface area contributed by atoms with Crippen LogP contribution in [0.25, 0.3) is 0 Å². The Morgan fingerprint density at radius 1 is 1.00 bits per heavy atom. The van der Waals surface area contributed by atoms with Gasteiger partial charge in [-0.15, -0.1) is 5.10 Å². The molecule has 0 unspecified atom stereocenters. The molecule has 2 aromatic rings. The molecule has 1 aliphatic rings. The van der Waals surface area contributed by atoms with E-state index in [2.05, 4.69) is 59.7 Å². The van der Waals surface area contributed by atoms with E-state index >= 15 is 0 Å². The summed E-state index contributed by atoms with van der Waals surface area (Å²) in [6.07, 6.45) is 1.13. The van der Waals surface area contributed by atoms with Crippen LogP contribution in [0.15, 0.2) is 30.3 Å². The summed E-state index contributed by atoms with van der Waals surface area (Å²) >= 11 is 0. The first-order valence-corrected chi connectivity index (χ1v) is 9.17. The van der Waals surface area contributed by atoms with Gasteiger partial charge in [0.25, 0.3) is 0 Å². The summed E-state index contributed by atoms with van der Waals surface area (Å²) in [5.74, 6) is 1.72. The Hall–Kier alpha value is -1.79. The number of hydrogen-bond acceptors (Lipinski definition) is 3. The Balaban J connectivity index is 1.46. The minimum Gasteiger partial charge on any atom is -0.322 e. The SMILES string of the molecule is CC(C)CCn1nnnc1C[NH+]1CC[NH+](Cc2ccccc2)CC1. The molecule has 2 N–H and O–H groups in total. The van der Waals surface area contributed by atoms with Gasteiger partial charge in [-0.05, 0) is 22.8 Å². The maximum Gasteiger partial charge on any atom is 0.206 e. The molecule has 0 spiro atoms. The van der Waals surface area contributed by atoms with Crippen LogP contribution in [0.4, 0.5) is 0 Å². The Bertz CT molecular complexity index is 601. The number of hydrogen-bond donors (Lipinski definition) is 2. The second-order valence-corrected chi connectivity index (χ2v) is 7.34. The number of benzene rings is 1. The van der Waals surface area contributed by atoms with Crippen molar-refractivity contribution < 1.29 is 9.80 Å². The highest BCUT2D eigenvalue weighted by molar-refractivity contribution is 5.13. The quantitative estimate of drug-likeness (QED) is 0.699. The Morgan fingerprint density at radius 2 is 1.67 bits per heavy atom. The lowest BCUT2D eigenvalue weighted by Gasteiger charge is -2.29. The largest absolute Gasteiger partial charge is 0.322 e. The van der Waals surface area contributed by atoms with Gasteiger partial charge in [0, 0.05) is 12.1 Å². The van der Waals surface area contributed by atoms with Gasteiger partial charge in [-0.25, -0.2) is 4.68 Å². The van der Waals surface area contributed by atoms with Gasteiger partial charge in [-0.1, -0.05) is 44.2 Å². The summed E-state index contributed by atoms with van der Waals surface area (Å²) in [4.78, 5) is 3.29. The summed E-state index contributed by atoms with van der Waals surface area (Å²) in [6, 6.07) is 10.8. The fraction of sp³-hybridized carbons (Fsp3) is 0.611. The zero-order chi connectivity index (χ0) is 16.8. The van der Waals surface area contributed by atoms with Crippen LogP contribution in [0.2, 0.25) is 0 Å². The van der Waals surface area contributed by atoms with Crippen molar-refractivity contribution in [2.45, 2.75) is 39.9 Å². The van der Waals surface area contributed by atoms with Gasteiger partial charge in [0.2, 0.25) is 5.82 Å². The number of rotatable bonds is 7. The van der Waals surface area contributed by atoms with Crippen molar-refractivity contribution >= 4 is 0 Å². The lowest BCUT2D eigenvalue weighted by molar-refractivity contribution is -1.02. The van der Waals surface area contributed by atoms with Crippen LogP contribution in [0.5, 0.6) is 0 Å². The van der Waals surface area contributed by atoms with E-state index in [0.717, 1.165) is 31.9 Å². The summed E-state index contributed by atoms with van der Waals surface area (Å²) in [5, 5.41) is 12.3. The van der Waals surface area contributed by atoms with E-state index in [4.69, 9.17) is 0 Å². The topological polar surface area (TPSA) is 52.5 Å². The first-order chi connectivity index (χ1) is 11.7. The molecule has 0 saturated carbocycles. The monoisotopic (exact) mass is 330 g/mol. The van der Waals surface area contributed by atoms with Crippen LogP contribution >= 0.6 is 0 Å². The fourth-order valence-electron chi connectivity index (χ4n) is 3.32. The summed E-state index contributed by atoms with van der Waals surface area (Å²) in [7, 11) is 0. The molecule has 1 aliphatic heterocycles. The van der Waals surface area contributed by atoms with E-state index in [0.29, 0.717) is 5.92 Å². The molecule has 24 heavy (non-hydrogen) atoms. The van der Waals surface area contributed by atoms with E-state index in [1.54, 1.807) is 9.80 Å². The average molecular weight is 330 g/mol.